The Balaban J connectivity index is 2.49. The molecule has 1 saturated carbocycles. The molecule has 0 bridgehead atoms. The number of nitrogens with two attached hydrogens (primary N) is 1. The molecule has 0 aromatic heterocycles. The molecule has 18 heavy (non-hydrogen) atoms. The zero-order chi connectivity index (χ0) is 13.8. The van der Waals surface area contributed by atoms with Gasteiger partial charge in [-0.1, -0.05) is 19.8 Å². The van der Waals surface area contributed by atoms with Crippen LogP contribution in [0.1, 0.15) is 59.3 Å². The van der Waals surface area contributed by atoms with E-state index in [-0.39, 0.29) is 11.3 Å². The van der Waals surface area contributed by atoms with Crippen LogP contribution >= 0.6 is 0 Å². The lowest BCUT2D eigenvalue weighted by Gasteiger charge is -2.34. The molecule has 0 aliphatic heterocycles. The van der Waals surface area contributed by atoms with E-state index in [1.807, 2.05) is 0 Å². The molecule has 3 unspecified atom stereocenters. The maximum absolute atomic E-state index is 11.8. The molecule has 0 saturated heterocycles. The van der Waals surface area contributed by atoms with E-state index >= 15 is 0 Å². The van der Waals surface area contributed by atoms with Crippen molar-refractivity contribution in [3.63, 3.8) is 0 Å². The van der Waals surface area contributed by atoms with Crippen LogP contribution in [0.15, 0.2) is 0 Å². The maximum atomic E-state index is 11.8. The summed E-state index contributed by atoms with van der Waals surface area (Å²) in [6.07, 6.45) is 6.65. The molecule has 1 rings (SSSR count). The average Bonchev–Trinajstić information content (AvgIpc) is 2.30. The van der Waals surface area contributed by atoms with Gasteiger partial charge in [0.15, 0.2) is 9.84 Å². The first-order valence-corrected chi connectivity index (χ1v) is 9.05. The lowest BCUT2D eigenvalue weighted by molar-refractivity contribution is 0.218. The number of rotatable bonds is 6. The van der Waals surface area contributed by atoms with Gasteiger partial charge < -0.3 is 5.73 Å². The van der Waals surface area contributed by atoms with Gasteiger partial charge in [0.05, 0.1) is 11.0 Å². The third kappa shape index (κ3) is 4.54. The molecule has 0 spiro atoms. The van der Waals surface area contributed by atoms with E-state index in [4.69, 9.17) is 5.73 Å². The van der Waals surface area contributed by atoms with Gasteiger partial charge in [-0.25, -0.2) is 8.42 Å². The molecular weight excluding hydrogens is 246 g/mol. The van der Waals surface area contributed by atoms with Gasteiger partial charge in [-0.3, -0.25) is 0 Å². The molecule has 1 aliphatic rings. The zero-order valence-corrected chi connectivity index (χ0v) is 12.9. The van der Waals surface area contributed by atoms with Crippen molar-refractivity contribution in [1.82, 2.24) is 0 Å². The van der Waals surface area contributed by atoms with E-state index in [2.05, 4.69) is 6.92 Å². The van der Waals surface area contributed by atoms with Crippen LogP contribution in [-0.4, -0.2) is 25.5 Å². The monoisotopic (exact) mass is 275 g/mol. The minimum atomic E-state index is -2.91. The summed E-state index contributed by atoms with van der Waals surface area (Å²) in [6, 6.07) is 0.209. The van der Waals surface area contributed by atoms with Crippen LogP contribution in [0.5, 0.6) is 0 Å². The summed E-state index contributed by atoms with van der Waals surface area (Å²) in [6.45, 7) is 5.73. The van der Waals surface area contributed by atoms with Crippen molar-refractivity contribution < 1.29 is 8.42 Å². The zero-order valence-electron chi connectivity index (χ0n) is 12.1. The lowest BCUT2D eigenvalue weighted by Crippen LogP contribution is -2.37. The second kappa shape index (κ2) is 6.90. The summed E-state index contributed by atoms with van der Waals surface area (Å²) in [4.78, 5) is 0. The number of sulfone groups is 1. The van der Waals surface area contributed by atoms with Crippen LogP contribution in [0, 0.1) is 11.8 Å². The second-order valence-corrected chi connectivity index (χ2v) is 8.77. The molecule has 3 atom stereocenters. The highest BCUT2D eigenvalue weighted by atomic mass is 32.2. The molecule has 2 N–H and O–H groups in total. The Morgan fingerprint density at radius 3 is 2.44 bits per heavy atom. The van der Waals surface area contributed by atoms with E-state index < -0.39 is 9.84 Å². The fourth-order valence-electron chi connectivity index (χ4n) is 2.94. The van der Waals surface area contributed by atoms with Crippen LogP contribution in [0.3, 0.4) is 0 Å². The molecule has 3 nitrogen and oxygen atoms in total. The van der Waals surface area contributed by atoms with E-state index in [9.17, 15) is 8.42 Å². The Hall–Kier alpha value is -0.0900. The Labute approximate surface area is 112 Å². The van der Waals surface area contributed by atoms with Crippen LogP contribution in [0.25, 0.3) is 0 Å². The molecular formula is C14H29NO2S. The molecule has 0 aromatic rings. The van der Waals surface area contributed by atoms with Crippen molar-refractivity contribution in [1.29, 1.82) is 0 Å². The smallest absolute Gasteiger partial charge is 0.152 e. The molecule has 108 valence electrons. The average molecular weight is 275 g/mol. The van der Waals surface area contributed by atoms with Crippen LogP contribution < -0.4 is 5.73 Å². The molecule has 0 heterocycles. The van der Waals surface area contributed by atoms with E-state index in [0.29, 0.717) is 11.7 Å². The van der Waals surface area contributed by atoms with Crippen LogP contribution in [-0.2, 0) is 9.84 Å². The Morgan fingerprint density at radius 2 is 1.89 bits per heavy atom. The maximum Gasteiger partial charge on any atom is 0.152 e. The first-order chi connectivity index (χ1) is 8.36. The fraction of sp³-hybridized carbons (Fsp3) is 1.00. The third-order valence-electron chi connectivity index (χ3n) is 4.34. The van der Waals surface area contributed by atoms with Crippen LogP contribution in [0.2, 0.25) is 0 Å². The van der Waals surface area contributed by atoms with Crippen molar-refractivity contribution in [2.45, 2.75) is 70.6 Å². The molecule has 0 radical (unpaired) electrons. The Bertz CT molecular complexity index is 338. The number of hydrogen-bond acceptors (Lipinski definition) is 3. The molecule has 0 amide bonds. The molecule has 4 heteroatoms. The summed E-state index contributed by atoms with van der Waals surface area (Å²) >= 11 is 0. The minimum absolute atomic E-state index is 0.209. The van der Waals surface area contributed by atoms with Gasteiger partial charge in [-0.15, -0.1) is 0 Å². The van der Waals surface area contributed by atoms with Crippen molar-refractivity contribution in [3.8, 4) is 0 Å². The highest BCUT2D eigenvalue weighted by Crippen LogP contribution is 2.33. The fourth-order valence-corrected chi connectivity index (χ4v) is 4.04. The van der Waals surface area contributed by atoms with E-state index in [1.165, 1.54) is 19.3 Å². The lowest BCUT2D eigenvalue weighted by atomic mass is 9.75. The first-order valence-electron chi connectivity index (χ1n) is 7.34. The molecule has 1 aliphatic carbocycles. The van der Waals surface area contributed by atoms with Gasteiger partial charge in [0, 0.05) is 6.04 Å². The quantitative estimate of drug-likeness (QED) is 0.811. The number of hydrogen-bond donors (Lipinski definition) is 1. The van der Waals surface area contributed by atoms with Crippen molar-refractivity contribution >= 4 is 9.84 Å². The molecule has 0 aromatic carbocycles. The molecule has 1 fully saturated rings. The van der Waals surface area contributed by atoms with Crippen molar-refractivity contribution in [3.05, 3.63) is 0 Å². The van der Waals surface area contributed by atoms with Gasteiger partial charge in [-0.05, 0) is 51.4 Å². The highest BCUT2D eigenvalue weighted by molar-refractivity contribution is 7.91. The summed E-state index contributed by atoms with van der Waals surface area (Å²) < 4.78 is 23.7. The van der Waals surface area contributed by atoms with Crippen LogP contribution in [0.4, 0.5) is 0 Å². The van der Waals surface area contributed by atoms with E-state index in [1.54, 1.807) is 13.8 Å². The Morgan fingerprint density at radius 1 is 1.22 bits per heavy atom. The standard InChI is InChI=1S/C14H29NO2S/c1-4-5-12-6-7-14(15)13(10-12)8-9-18(16,17)11(2)3/h11-14H,4-10,15H2,1-3H3. The van der Waals surface area contributed by atoms with Crippen molar-refractivity contribution in [2.24, 2.45) is 17.6 Å². The third-order valence-corrected chi connectivity index (χ3v) is 6.58. The van der Waals surface area contributed by atoms with E-state index in [0.717, 1.165) is 25.2 Å². The van der Waals surface area contributed by atoms with Gasteiger partial charge in [0.2, 0.25) is 0 Å². The van der Waals surface area contributed by atoms with Gasteiger partial charge in [0.1, 0.15) is 0 Å². The van der Waals surface area contributed by atoms with Gasteiger partial charge in [-0.2, -0.15) is 0 Å². The second-order valence-electron chi connectivity index (χ2n) is 6.10. The summed E-state index contributed by atoms with van der Waals surface area (Å²) in [5, 5.41) is -0.260. The topological polar surface area (TPSA) is 60.2 Å². The predicted octanol–water partition coefficient (Wildman–Crippen LogP) is 2.74. The highest BCUT2D eigenvalue weighted by Gasteiger charge is 2.29. The SMILES string of the molecule is CCCC1CCC(N)C(CCS(=O)(=O)C(C)C)C1. The Kier molecular flexibility index (Phi) is 6.12. The van der Waals surface area contributed by atoms with Gasteiger partial charge in [0.25, 0.3) is 0 Å². The first kappa shape index (κ1) is 16.0. The largest absolute Gasteiger partial charge is 0.327 e. The normalized spacial score (nSPS) is 29.7. The summed E-state index contributed by atoms with van der Waals surface area (Å²) in [5.74, 6) is 1.48. The predicted molar refractivity (Wildman–Crippen MR) is 77.3 cm³/mol. The summed E-state index contributed by atoms with van der Waals surface area (Å²) in [7, 11) is -2.91. The summed E-state index contributed by atoms with van der Waals surface area (Å²) in [5.41, 5.74) is 6.15. The van der Waals surface area contributed by atoms with Crippen molar-refractivity contribution in [2.75, 3.05) is 5.75 Å². The van der Waals surface area contributed by atoms with Gasteiger partial charge >= 0.3 is 0 Å². The minimum Gasteiger partial charge on any atom is -0.327 e.